The third kappa shape index (κ3) is 3.18. The van der Waals surface area contributed by atoms with Crippen molar-refractivity contribution in [2.24, 2.45) is 0 Å². The van der Waals surface area contributed by atoms with Crippen LogP contribution in [0.15, 0.2) is 16.8 Å². The number of carbonyl (C=O) groups is 1. The molecule has 1 heterocycles. The number of amides is 1. The van der Waals surface area contributed by atoms with E-state index in [-0.39, 0.29) is 5.91 Å². The Morgan fingerprint density at radius 3 is 3.07 bits per heavy atom. The van der Waals surface area contributed by atoms with E-state index in [1.165, 1.54) is 0 Å². The van der Waals surface area contributed by atoms with Crippen LogP contribution in [0, 0.1) is 0 Å². The quantitative estimate of drug-likeness (QED) is 0.734. The summed E-state index contributed by atoms with van der Waals surface area (Å²) in [6.07, 6.45) is 1.58. The zero-order chi connectivity index (χ0) is 10.4. The molecule has 0 radical (unpaired) electrons. The average Bonchev–Trinajstić information content (AvgIpc) is 2.69. The standard InChI is InChI=1S/C9H15N3O2/c1-3-12(2)9(13)7-10-6-8-4-5-11-14-8/h4-5,10H,3,6-7H2,1-2H3. The Balaban J connectivity index is 2.18. The molecule has 0 atom stereocenters. The van der Waals surface area contributed by atoms with Crippen molar-refractivity contribution in [2.75, 3.05) is 20.1 Å². The molecule has 5 nitrogen and oxygen atoms in total. The fourth-order valence-corrected chi connectivity index (χ4v) is 0.937. The number of hydrogen-bond acceptors (Lipinski definition) is 4. The van der Waals surface area contributed by atoms with Crippen LogP contribution in [-0.2, 0) is 11.3 Å². The molecular formula is C9H15N3O2. The van der Waals surface area contributed by atoms with Crippen LogP contribution in [0.3, 0.4) is 0 Å². The van der Waals surface area contributed by atoms with Gasteiger partial charge in [0.2, 0.25) is 5.91 Å². The zero-order valence-electron chi connectivity index (χ0n) is 8.49. The maximum atomic E-state index is 11.3. The molecule has 1 N–H and O–H groups in total. The summed E-state index contributed by atoms with van der Waals surface area (Å²) in [5.74, 6) is 0.809. The second-order valence-corrected chi connectivity index (χ2v) is 2.99. The Kier molecular flexibility index (Phi) is 4.12. The van der Waals surface area contributed by atoms with Gasteiger partial charge in [-0.1, -0.05) is 5.16 Å². The minimum absolute atomic E-state index is 0.0759. The van der Waals surface area contributed by atoms with E-state index < -0.39 is 0 Å². The predicted molar refractivity (Wildman–Crippen MR) is 51.5 cm³/mol. The lowest BCUT2D eigenvalue weighted by molar-refractivity contribution is -0.128. The first-order valence-electron chi connectivity index (χ1n) is 4.58. The summed E-state index contributed by atoms with van der Waals surface area (Å²) in [7, 11) is 1.78. The minimum atomic E-state index is 0.0759. The van der Waals surface area contributed by atoms with E-state index in [9.17, 15) is 4.79 Å². The van der Waals surface area contributed by atoms with Crippen molar-refractivity contribution in [2.45, 2.75) is 13.5 Å². The van der Waals surface area contributed by atoms with Crippen molar-refractivity contribution < 1.29 is 9.32 Å². The number of aromatic nitrogens is 1. The summed E-state index contributed by atoms with van der Waals surface area (Å²) >= 11 is 0. The van der Waals surface area contributed by atoms with Gasteiger partial charge in [-0.15, -0.1) is 0 Å². The Morgan fingerprint density at radius 2 is 2.50 bits per heavy atom. The fraction of sp³-hybridized carbons (Fsp3) is 0.556. The molecule has 1 aromatic heterocycles. The maximum Gasteiger partial charge on any atom is 0.236 e. The number of nitrogens with one attached hydrogen (secondary N) is 1. The molecule has 5 heteroatoms. The summed E-state index contributed by atoms with van der Waals surface area (Å²) < 4.78 is 4.86. The number of hydrogen-bond donors (Lipinski definition) is 1. The second kappa shape index (κ2) is 5.39. The number of likely N-dealkylation sites (N-methyl/N-ethyl adjacent to an activating group) is 1. The third-order valence-electron chi connectivity index (χ3n) is 1.97. The lowest BCUT2D eigenvalue weighted by Crippen LogP contribution is -2.35. The number of nitrogens with zero attached hydrogens (tertiary/aromatic N) is 2. The largest absolute Gasteiger partial charge is 0.360 e. The molecule has 0 aliphatic carbocycles. The van der Waals surface area contributed by atoms with Gasteiger partial charge in [-0.25, -0.2) is 0 Å². The van der Waals surface area contributed by atoms with Gasteiger partial charge in [0, 0.05) is 19.7 Å². The SMILES string of the molecule is CCN(C)C(=O)CNCc1ccno1. The van der Waals surface area contributed by atoms with E-state index in [0.717, 1.165) is 12.3 Å². The third-order valence-corrected chi connectivity index (χ3v) is 1.97. The zero-order valence-corrected chi connectivity index (χ0v) is 8.49. The number of rotatable bonds is 5. The van der Waals surface area contributed by atoms with Crippen molar-refractivity contribution in [3.8, 4) is 0 Å². The van der Waals surface area contributed by atoms with Crippen molar-refractivity contribution in [1.82, 2.24) is 15.4 Å². The topological polar surface area (TPSA) is 58.4 Å². The van der Waals surface area contributed by atoms with Gasteiger partial charge in [-0.05, 0) is 6.92 Å². The molecule has 0 fully saturated rings. The second-order valence-electron chi connectivity index (χ2n) is 2.99. The fourth-order valence-electron chi connectivity index (χ4n) is 0.937. The first kappa shape index (κ1) is 10.7. The van der Waals surface area contributed by atoms with Crippen LogP contribution in [0.2, 0.25) is 0 Å². The van der Waals surface area contributed by atoms with Crippen molar-refractivity contribution >= 4 is 5.91 Å². The smallest absolute Gasteiger partial charge is 0.236 e. The van der Waals surface area contributed by atoms with Gasteiger partial charge in [0.1, 0.15) is 5.76 Å². The molecule has 0 saturated heterocycles. The molecule has 1 amide bonds. The molecule has 78 valence electrons. The van der Waals surface area contributed by atoms with Crippen LogP contribution in [0.25, 0.3) is 0 Å². The van der Waals surface area contributed by atoms with Gasteiger partial charge in [-0.3, -0.25) is 4.79 Å². The van der Waals surface area contributed by atoms with Gasteiger partial charge >= 0.3 is 0 Å². The van der Waals surface area contributed by atoms with Gasteiger partial charge in [-0.2, -0.15) is 0 Å². The Morgan fingerprint density at radius 1 is 1.71 bits per heavy atom. The molecule has 1 aromatic rings. The Labute approximate surface area is 83.1 Å². The Hall–Kier alpha value is -1.36. The van der Waals surface area contributed by atoms with Gasteiger partial charge in [0.25, 0.3) is 0 Å². The lowest BCUT2D eigenvalue weighted by atomic mass is 10.4. The highest BCUT2D eigenvalue weighted by atomic mass is 16.5. The lowest BCUT2D eigenvalue weighted by Gasteiger charge is -2.14. The molecule has 0 bridgehead atoms. The van der Waals surface area contributed by atoms with Crippen molar-refractivity contribution in [1.29, 1.82) is 0 Å². The summed E-state index contributed by atoms with van der Waals surface area (Å²) in [6, 6.07) is 1.76. The molecule has 0 aliphatic rings. The van der Waals surface area contributed by atoms with E-state index in [1.807, 2.05) is 6.92 Å². The van der Waals surface area contributed by atoms with E-state index in [2.05, 4.69) is 10.5 Å². The molecular weight excluding hydrogens is 182 g/mol. The first-order valence-corrected chi connectivity index (χ1v) is 4.58. The summed E-state index contributed by atoms with van der Waals surface area (Å²) in [5.41, 5.74) is 0. The van der Waals surface area contributed by atoms with Crippen LogP contribution in [0.5, 0.6) is 0 Å². The Bertz CT molecular complexity index is 272. The molecule has 0 spiro atoms. The highest BCUT2D eigenvalue weighted by molar-refractivity contribution is 5.77. The minimum Gasteiger partial charge on any atom is -0.360 e. The summed E-state index contributed by atoms with van der Waals surface area (Å²) in [4.78, 5) is 13.0. The van der Waals surface area contributed by atoms with Gasteiger partial charge in [0.15, 0.2) is 0 Å². The normalized spacial score (nSPS) is 10.1. The van der Waals surface area contributed by atoms with Gasteiger partial charge in [0.05, 0.1) is 19.3 Å². The highest BCUT2D eigenvalue weighted by Gasteiger charge is 2.05. The number of carbonyl (C=O) groups excluding carboxylic acids is 1. The average molecular weight is 197 g/mol. The first-order chi connectivity index (χ1) is 6.74. The predicted octanol–water partition coefficient (Wildman–Crippen LogP) is 0.242. The summed E-state index contributed by atoms with van der Waals surface area (Å²) in [6.45, 7) is 3.52. The van der Waals surface area contributed by atoms with Crippen LogP contribution in [0.1, 0.15) is 12.7 Å². The monoisotopic (exact) mass is 197 g/mol. The molecule has 0 aliphatic heterocycles. The van der Waals surface area contributed by atoms with Gasteiger partial charge < -0.3 is 14.7 Å². The molecule has 0 saturated carbocycles. The van der Waals surface area contributed by atoms with Crippen molar-refractivity contribution in [3.05, 3.63) is 18.0 Å². The summed E-state index contributed by atoms with van der Waals surface area (Å²) in [5, 5.41) is 6.54. The van der Waals surface area contributed by atoms with E-state index in [4.69, 9.17) is 4.52 Å². The van der Waals surface area contributed by atoms with E-state index in [0.29, 0.717) is 13.1 Å². The molecule has 0 aromatic carbocycles. The van der Waals surface area contributed by atoms with Crippen LogP contribution >= 0.6 is 0 Å². The molecule has 14 heavy (non-hydrogen) atoms. The highest BCUT2D eigenvalue weighted by Crippen LogP contribution is 1.94. The van der Waals surface area contributed by atoms with E-state index in [1.54, 1.807) is 24.2 Å². The maximum absolute atomic E-state index is 11.3. The van der Waals surface area contributed by atoms with Crippen LogP contribution in [-0.4, -0.2) is 36.1 Å². The van der Waals surface area contributed by atoms with E-state index >= 15 is 0 Å². The molecule has 0 unspecified atom stereocenters. The molecule has 1 rings (SSSR count). The van der Waals surface area contributed by atoms with Crippen LogP contribution in [0.4, 0.5) is 0 Å². The van der Waals surface area contributed by atoms with Crippen molar-refractivity contribution in [3.63, 3.8) is 0 Å². The van der Waals surface area contributed by atoms with Crippen LogP contribution < -0.4 is 5.32 Å².